The maximum absolute atomic E-state index is 11.5. The predicted molar refractivity (Wildman–Crippen MR) is 93.9 cm³/mol. The summed E-state index contributed by atoms with van der Waals surface area (Å²) in [6.45, 7) is 12.6. The van der Waals surface area contributed by atoms with Gasteiger partial charge in [0.15, 0.2) is 0 Å². The second-order valence-electron chi connectivity index (χ2n) is 7.07. The van der Waals surface area contributed by atoms with Gasteiger partial charge >= 0.3 is 28.0 Å². The van der Waals surface area contributed by atoms with Crippen LogP contribution in [0.4, 0.5) is 4.79 Å². The van der Waals surface area contributed by atoms with Crippen LogP contribution < -0.4 is 4.74 Å². The number of hydrogen-bond acceptors (Lipinski definition) is 7. The molecular formula is C19H26O7Zn-2. The average Bonchev–Trinajstić information content (AvgIpc) is 2.55. The van der Waals surface area contributed by atoms with E-state index in [0.29, 0.717) is 0 Å². The van der Waals surface area contributed by atoms with Crippen LogP contribution >= 0.6 is 0 Å². The Morgan fingerprint density at radius 2 is 1.63 bits per heavy atom. The zero-order chi connectivity index (χ0) is 21.7. The van der Waals surface area contributed by atoms with Crippen LogP contribution in [0.1, 0.15) is 58.8 Å². The van der Waals surface area contributed by atoms with Gasteiger partial charge in [0.2, 0.25) is 5.97 Å². The van der Waals surface area contributed by atoms with Crippen LogP contribution in [0.15, 0.2) is 18.2 Å². The number of carbonyl (C=O) groups excluding carboxylic acids is 3. The Kier molecular flexibility index (Phi) is 13.4. The molecular weight excluding hydrogens is 406 g/mol. The molecule has 0 unspecified atom stereocenters. The van der Waals surface area contributed by atoms with E-state index in [0.717, 1.165) is 0 Å². The molecule has 0 fully saturated rings. The molecule has 0 radical (unpaired) electrons. The fourth-order valence-electron chi connectivity index (χ4n) is 1.20. The van der Waals surface area contributed by atoms with Crippen molar-refractivity contribution in [3.8, 4) is 5.75 Å². The molecule has 0 aliphatic heterocycles. The molecule has 0 aliphatic carbocycles. The molecule has 0 bridgehead atoms. The average molecular weight is 432 g/mol. The van der Waals surface area contributed by atoms with Crippen LogP contribution in [0.25, 0.3) is 0 Å². The molecule has 1 aromatic carbocycles. The number of ether oxygens (including phenoxy) is 3. The number of rotatable bonds is 3. The molecule has 0 N–H and O–H groups in total. The van der Waals surface area contributed by atoms with E-state index in [9.17, 15) is 14.4 Å². The molecule has 0 atom stereocenters. The van der Waals surface area contributed by atoms with E-state index in [1.54, 1.807) is 33.8 Å². The van der Waals surface area contributed by atoms with Crippen molar-refractivity contribution >= 4 is 18.4 Å². The van der Waals surface area contributed by atoms with Gasteiger partial charge in [0.05, 0.1) is 12.4 Å². The minimum absolute atomic E-state index is 0.111. The molecule has 0 aliphatic rings. The summed E-state index contributed by atoms with van der Waals surface area (Å²) in [5.74, 6) is -0.406. The summed E-state index contributed by atoms with van der Waals surface area (Å²) in [4.78, 5) is 32.6. The standard InChI is InChI=1S/C14H17O5.C5H9O.O.Zn/c1-5-17-12(15)10-7-6-8-11(9-10)18-13(16)19-14(2,3)4;1-5(2,3)4-6;;/h6-8H,5H2,1-4H3;1-3H3;;/q2*-1;;. The second kappa shape index (κ2) is 13.3. The van der Waals surface area contributed by atoms with Crippen LogP contribution in [0.5, 0.6) is 5.75 Å². The topological polar surface area (TPSA) is 96.0 Å². The van der Waals surface area contributed by atoms with Crippen LogP contribution in [-0.2, 0) is 36.1 Å². The van der Waals surface area contributed by atoms with Gasteiger partial charge in [-0.1, -0.05) is 32.4 Å². The van der Waals surface area contributed by atoms with Crippen LogP contribution in [0, 0.1) is 11.5 Å². The first-order valence-corrected chi connectivity index (χ1v) is 9.37. The van der Waals surface area contributed by atoms with Crippen molar-refractivity contribution in [1.29, 1.82) is 0 Å². The monoisotopic (exact) mass is 430 g/mol. The molecule has 0 aromatic heterocycles. The summed E-state index contributed by atoms with van der Waals surface area (Å²) >= 11 is 0.125. The van der Waals surface area contributed by atoms with Gasteiger partial charge in [0, 0.05) is 0 Å². The fraction of sp³-hybridized carbons (Fsp3) is 0.526. The molecule has 7 nitrogen and oxygen atoms in total. The number of carbonyl (C=O) groups is 2. The van der Waals surface area contributed by atoms with Crippen molar-refractivity contribution in [3.05, 3.63) is 29.8 Å². The quantitative estimate of drug-likeness (QED) is 0.309. The molecule has 0 saturated carbocycles. The molecule has 0 heterocycles. The van der Waals surface area contributed by atoms with Gasteiger partial charge < -0.3 is 23.8 Å². The first-order chi connectivity index (χ1) is 12.4. The van der Waals surface area contributed by atoms with Gasteiger partial charge in [-0.3, -0.25) is 6.29 Å². The van der Waals surface area contributed by atoms with Crippen molar-refractivity contribution in [3.63, 3.8) is 0 Å². The van der Waals surface area contributed by atoms with Gasteiger partial charge in [-0.25, -0.2) is 4.79 Å². The number of hydrogen-bond donors (Lipinski definition) is 0. The van der Waals surface area contributed by atoms with E-state index in [2.05, 4.69) is 6.07 Å². The Balaban J connectivity index is 0. The molecule has 0 spiro atoms. The summed E-state index contributed by atoms with van der Waals surface area (Å²) < 4.78 is 23.1. The zero-order valence-electron chi connectivity index (χ0n) is 17.0. The third-order valence-electron chi connectivity index (χ3n) is 2.15. The Morgan fingerprint density at radius 1 is 1.11 bits per heavy atom. The summed E-state index contributed by atoms with van der Waals surface area (Å²) in [5, 5.41) is 0. The Bertz CT molecular complexity index is 601. The molecule has 1 aromatic rings. The Labute approximate surface area is 170 Å². The van der Waals surface area contributed by atoms with E-state index in [1.807, 2.05) is 27.1 Å². The first-order valence-electron chi connectivity index (χ1n) is 8.16. The van der Waals surface area contributed by atoms with Crippen molar-refractivity contribution in [1.82, 2.24) is 0 Å². The van der Waals surface area contributed by atoms with Crippen molar-refractivity contribution in [2.45, 2.75) is 54.1 Å². The van der Waals surface area contributed by atoms with E-state index < -0.39 is 17.7 Å². The van der Waals surface area contributed by atoms with Crippen LogP contribution in [-0.4, -0.2) is 30.6 Å². The molecule has 0 saturated heterocycles. The van der Waals surface area contributed by atoms with Gasteiger partial charge in [-0.2, -0.15) is 0 Å². The van der Waals surface area contributed by atoms with Gasteiger partial charge in [-0.15, -0.1) is 23.6 Å². The predicted octanol–water partition coefficient (Wildman–Crippen LogP) is 4.00. The fourth-order valence-corrected chi connectivity index (χ4v) is 1.20. The number of esters is 1. The van der Waals surface area contributed by atoms with E-state index in [1.165, 1.54) is 12.1 Å². The van der Waals surface area contributed by atoms with Crippen molar-refractivity contribution in [2.75, 3.05) is 6.61 Å². The summed E-state index contributed by atoms with van der Waals surface area (Å²) in [7, 11) is 0. The van der Waals surface area contributed by atoms with Gasteiger partial charge in [-0.05, 0) is 27.7 Å². The van der Waals surface area contributed by atoms with E-state index >= 15 is 0 Å². The van der Waals surface area contributed by atoms with E-state index in [-0.39, 0.29) is 41.6 Å². The minimum atomic E-state index is -0.843. The van der Waals surface area contributed by atoms with Gasteiger partial charge in [0.1, 0.15) is 5.60 Å². The van der Waals surface area contributed by atoms with E-state index in [4.69, 9.17) is 17.8 Å². The SMILES string of the molecule is CC(C)(C)[C-]=O.CCOC(=O)c1[c-]c(OC(=O)OC(C)(C)C)ccc1.[O]=[Zn]. The summed E-state index contributed by atoms with van der Waals surface area (Å²) in [6.07, 6.45) is 1.01. The van der Waals surface area contributed by atoms with Crippen LogP contribution in [0.2, 0.25) is 0 Å². The molecule has 0 amide bonds. The molecule has 8 heteroatoms. The Morgan fingerprint density at radius 3 is 2.04 bits per heavy atom. The molecule has 27 heavy (non-hydrogen) atoms. The van der Waals surface area contributed by atoms with Crippen LogP contribution in [0.3, 0.4) is 0 Å². The zero-order valence-corrected chi connectivity index (χ0v) is 20.0. The molecule has 148 valence electrons. The first kappa shape index (κ1) is 27.3. The number of benzene rings is 1. The van der Waals surface area contributed by atoms with Crippen molar-refractivity contribution in [2.24, 2.45) is 5.41 Å². The second-order valence-corrected chi connectivity index (χ2v) is 7.07. The molecule has 1 rings (SSSR count). The Hall–Kier alpha value is -1.95. The third-order valence-corrected chi connectivity index (χ3v) is 2.15. The maximum atomic E-state index is 11.5. The van der Waals surface area contributed by atoms with Crippen molar-refractivity contribution < 1.29 is 50.4 Å². The normalized spacial score (nSPS) is 10.3. The summed E-state index contributed by atoms with van der Waals surface area (Å²) in [5.41, 5.74) is -0.710. The third kappa shape index (κ3) is 16.0. The summed E-state index contributed by atoms with van der Waals surface area (Å²) in [6, 6.07) is 7.25. The van der Waals surface area contributed by atoms with Gasteiger partial charge in [0.25, 0.3) is 0 Å².